The number of aliphatic carboxylic acids is 2. The highest BCUT2D eigenvalue weighted by Gasteiger charge is 2.27. The average Bonchev–Trinajstić information content (AvgIpc) is 3.48. The van der Waals surface area contributed by atoms with Crippen molar-refractivity contribution in [2.75, 3.05) is 34.7 Å². The third kappa shape index (κ3) is 7.37. The second-order valence-corrected chi connectivity index (χ2v) is 9.49. The van der Waals surface area contributed by atoms with Crippen LogP contribution in [-0.2, 0) is 16.0 Å². The normalized spacial score (nSPS) is 12.3. The van der Waals surface area contributed by atoms with E-state index in [4.69, 9.17) is 33.5 Å². The Morgan fingerprint density at radius 3 is 2.14 bits per heavy atom. The van der Waals surface area contributed by atoms with Gasteiger partial charge in [0.05, 0.1) is 33.5 Å². The Labute approximate surface area is 248 Å². The van der Waals surface area contributed by atoms with Crippen LogP contribution in [-0.4, -0.2) is 62.7 Å². The highest BCUT2D eigenvalue weighted by Crippen LogP contribution is 2.41. The fourth-order valence-electron chi connectivity index (χ4n) is 4.64. The number of fused-ring (bicyclic) bond motifs is 1. The molecule has 1 heterocycles. The molecule has 226 valence electrons. The molecule has 0 atom stereocenters. The van der Waals surface area contributed by atoms with Gasteiger partial charge in [0.2, 0.25) is 12.5 Å². The molecule has 1 aliphatic heterocycles. The number of carboxylic acids is 2. The summed E-state index contributed by atoms with van der Waals surface area (Å²) in [6, 6.07) is 14.4. The summed E-state index contributed by atoms with van der Waals surface area (Å²) in [7, 11) is 4.41. The van der Waals surface area contributed by atoms with E-state index in [9.17, 15) is 19.5 Å². The van der Waals surface area contributed by atoms with Crippen LogP contribution in [0.3, 0.4) is 0 Å². The molecule has 0 aliphatic carbocycles. The smallest absolute Gasteiger partial charge is 0.336 e. The van der Waals surface area contributed by atoms with Gasteiger partial charge in [0.25, 0.3) is 0 Å². The van der Waals surface area contributed by atoms with E-state index < -0.39 is 17.7 Å². The number of methoxy groups -OCH3 is 3. The molecule has 0 saturated heterocycles. The highest BCUT2D eigenvalue weighted by atomic mass is 16.7. The molecule has 11 heteroatoms. The Morgan fingerprint density at radius 2 is 1.49 bits per heavy atom. The second-order valence-electron chi connectivity index (χ2n) is 9.49. The molecule has 0 amide bonds. The predicted molar refractivity (Wildman–Crippen MR) is 155 cm³/mol. The molecule has 0 spiro atoms. The van der Waals surface area contributed by atoms with Gasteiger partial charge in [-0.15, -0.1) is 0 Å². The van der Waals surface area contributed by atoms with Crippen LogP contribution in [0.15, 0.2) is 60.2 Å². The van der Waals surface area contributed by atoms with Crippen molar-refractivity contribution in [1.29, 1.82) is 0 Å². The van der Waals surface area contributed by atoms with Crippen LogP contribution >= 0.6 is 0 Å². The number of unbranched alkanes of at least 4 members (excludes halogenated alkanes) is 1. The summed E-state index contributed by atoms with van der Waals surface area (Å²) in [5, 5.41) is 19.3. The molecule has 0 bridgehead atoms. The second kappa shape index (κ2) is 14.1. The lowest BCUT2D eigenvalue weighted by atomic mass is 9.89. The maximum Gasteiger partial charge on any atom is 0.336 e. The lowest BCUT2D eigenvalue weighted by Crippen LogP contribution is -2.14. The van der Waals surface area contributed by atoms with Crippen LogP contribution in [0.2, 0.25) is 0 Å². The van der Waals surface area contributed by atoms with Gasteiger partial charge in [-0.05, 0) is 72.5 Å². The van der Waals surface area contributed by atoms with E-state index in [0.717, 1.165) is 0 Å². The van der Waals surface area contributed by atoms with Crippen LogP contribution in [0, 0.1) is 0 Å². The number of carbonyl (C=O) groups excluding carboxylic acids is 1. The molecule has 0 unspecified atom stereocenters. The van der Waals surface area contributed by atoms with Gasteiger partial charge in [-0.2, -0.15) is 0 Å². The van der Waals surface area contributed by atoms with E-state index in [0.29, 0.717) is 52.9 Å². The lowest BCUT2D eigenvalue weighted by Gasteiger charge is -2.18. The Hall–Kier alpha value is -5.19. The van der Waals surface area contributed by atoms with Crippen molar-refractivity contribution in [3.8, 4) is 34.5 Å². The number of benzene rings is 3. The molecule has 2 N–H and O–H groups in total. The van der Waals surface area contributed by atoms with Crippen LogP contribution in [0.1, 0.15) is 40.7 Å². The SMILES string of the molecule is COc1ccc(C(=O)/C(Cc2cc(OC)c(OC)c(OCCCCC(=O)O)c2)=C(/C(=O)O)c2ccc3c(c2)OCO3)cc1. The Morgan fingerprint density at radius 1 is 0.791 bits per heavy atom. The van der Waals surface area contributed by atoms with E-state index in [1.165, 1.54) is 27.4 Å². The van der Waals surface area contributed by atoms with E-state index in [2.05, 4.69) is 0 Å². The summed E-state index contributed by atoms with van der Waals surface area (Å²) in [5.41, 5.74) is 0.866. The molecular weight excluding hydrogens is 560 g/mol. The van der Waals surface area contributed by atoms with Gasteiger partial charge in [-0.1, -0.05) is 6.07 Å². The first-order chi connectivity index (χ1) is 20.7. The number of hydrogen-bond acceptors (Lipinski definition) is 9. The molecule has 0 radical (unpaired) electrons. The lowest BCUT2D eigenvalue weighted by molar-refractivity contribution is -0.137. The van der Waals surface area contributed by atoms with Gasteiger partial charge in [-0.25, -0.2) is 4.79 Å². The summed E-state index contributed by atoms with van der Waals surface area (Å²) < 4.78 is 33.0. The quantitative estimate of drug-likeness (QED) is 0.139. The maximum atomic E-state index is 14.0. The van der Waals surface area contributed by atoms with Gasteiger partial charge in [-0.3, -0.25) is 9.59 Å². The summed E-state index contributed by atoms with van der Waals surface area (Å²) in [5.74, 6) is -0.362. The number of allylic oxidation sites excluding steroid dienone is 1. The van der Waals surface area contributed by atoms with Crippen molar-refractivity contribution < 1.29 is 53.0 Å². The van der Waals surface area contributed by atoms with Gasteiger partial charge >= 0.3 is 11.9 Å². The van der Waals surface area contributed by atoms with E-state index in [1.54, 1.807) is 48.5 Å². The molecule has 0 fully saturated rings. The van der Waals surface area contributed by atoms with E-state index in [1.807, 2.05) is 0 Å². The first kappa shape index (κ1) is 30.8. The topological polar surface area (TPSA) is 147 Å². The van der Waals surface area contributed by atoms with E-state index in [-0.39, 0.29) is 48.5 Å². The van der Waals surface area contributed by atoms with Crippen molar-refractivity contribution >= 4 is 23.3 Å². The fourth-order valence-corrected chi connectivity index (χ4v) is 4.64. The van der Waals surface area contributed by atoms with Crippen molar-refractivity contribution in [2.24, 2.45) is 0 Å². The molecule has 3 aromatic rings. The summed E-state index contributed by atoms with van der Waals surface area (Å²) in [6.45, 7) is 0.217. The Bertz CT molecular complexity index is 1520. The molecule has 43 heavy (non-hydrogen) atoms. The highest BCUT2D eigenvalue weighted by molar-refractivity contribution is 6.26. The molecule has 0 saturated carbocycles. The van der Waals surface area contributed by atoms with Gasteiger partial charge in [0.15, 0.2) is 28.8 Å². The Kier molecular flexibility index (Phi) is 10.1. The van der Waals surface area contributed by atoms with Crippen molar-refractivity contribution in [3.05, 3.63) is 76.9 Å². The minimum absolute atomic E-state index is 0.00721. The first-order valence-corrected chi connectivity index (χ1v) is 13.4. The Balaban J connectivity index is 1.80. The van der Waals surface area contributed by atoms with Crippen LogP contribution in [0.25, 0.3) is 5.57 Å². The summed E-state index contributed by atoms with van der Waals surface area (Å²) in [6.07, 6.45) is 0.825. The van der Waals surface area contributed by atoms with Crippen LogP contribution in [0.4, 0.5) is 0 Å². The largest absolute Gasteiger partial charge is 0.497 e. The third-order valence-corrected chi connectivity index (χ3v) is 6.73. The number of Topliss-reactive ketones (excluding diaryl/α,β-unsaturated/α-hetero) is 1. The molecule has 11 nitrogen and oxygen atoms in total. The molecular formula is C32H32O11. The zero-order valence-corrected chi connectivity index (χ0v) is 24.0. The summed E-state index contributed by atoms with van der Waals surface area (Å²) in [4.78, 5) is 37.6. The van der Waals surface area contributed by atoms with Crippen LogP contribution < -0.4 is 28.4 Å². The van der Waals surface area contributed by atoms with Gasteiger partial charge < -0.3 is 38.6 Å². The number of carboxylic acid groups (broad SMARTS) is 2. The average molecular weight is 593 g/mol. The van der Waals surface area contributed by atoms with Gasteiger partial charge in [0, 0.05) is 24.0 Å². The first-order valence-electron chi connectivity index (χ1n) is 13.4. The van der Waals surface area contributed by atoms with Crippen molar-refractivity contribution in [1.82, 2.24) is 0 Å². The minimum atomic E-state index is -1.30. The number of hydrogen-bond donors (Lipinski definition) is 2. The number of ether oxygens (including phenoxy) is 6. The number of ketones is 1. The standard InChI is InChI=1S/C32H32O11/c1-38-22-10-7-20(8-11-22)30(35)23(29(32(36)37)21-9-12-24-25(17-21)43-18-42-24)14-19-15-26(39-2)31(40-3)27(16-19)41-13-5-4-6-28(33)34/h7-12,15-17H,4-6,13-14,18H2,1-3H3,(H,33,34)(H,36,37)/b29-23+. The predicted octanol–water partition coefficient (Wildman–Crippen LogP) is 5.04. The van der Waals surface area contributed by atoms with E-state index >= 15 is 0 Å². The van der Waals surface area contributed by atoms with Gasteiger partial charge in [0.1, 0.15) is 5.75 Å². The molecule has 3 aromatic carbocycles. The summed E-state index contributed by atoms with van der Waals surface area (Å²) >= 11 is 0. The zero-order valence-electron chi connectivity index (χ0n) is 24.0. The molecule has 0 aromatic heterocycles. The third-order valence-electron chi connectivity index (χ3n) is 6.73. The number of rotatable bonds is 15. The maximum absolute atomic E-state index is 14.0. The van der Waals surface area contributed by atoms with Crippen molar-refractivity contribution in [3.63, 3.8) is 0 Å². The molecule has 1 aliphatic rings. The fraction of sp³-hybridized carbons (Fsp3) is 0.281. The van der Waals surface area contributed by atoms with Crippen LogP contribution in [0.5, 0.6) is 34.5 Å². The zero-order chi connectivity index (χ0) is 30.9. The number of carbonyl (C=O) groups is 3. The molecule has 4 rings (SSSR count). The minimum Gasteiger partial charge on any atom is -0.497 e. The monoisotopic (exact) mass is 592 g/mol. The van der Waals surface area contributed by atoms with Crippen molar-refractivity contribution in [2.45, 2.75) is 25.7 Å².